The first kappa shape index (κ1) is 26.1. The number of hydrogen-bond acceptors (Lipinski definition) is 9. The molecule has 0 bridgehead atoms. The molecule has 1 aromatic carbocycles. The molecule has 39 heavy (non-hydrogen) atoms. The molecule has 5 rings (SSSR count). The van der Waals surface area contributed by atoms with E-state index < -0.39 is 9.73 Å². The van der Waals surface area contributed by atoms with Crippen LogP contribution >= 0.6 is 0 Å². The number of rotatable bonds is 6. The van der Waals surface area contributed by atoms with Crippen LogP contribution < -0.4 is 10.6 Å². The highest BCUT2D eigenvalue weighted by molar-refractivity contribution is 7.93. The maximum absolute atomic E-state index is 13.2. The molecule has 2 N–H and O–H groups in total. The van der Waals surface area contributed by atoms with Gasteiger partial charge < -0.3 is 10.6 Å². The molecule has 1 saturated heterocycles. The minimum absolute atomic E-state index is 0.0428. The monoisotopic (exact) mass is 539 g/mol. The number of pyridine rings is 1. The molecule has 0 aliphatic carbocycles. The SMILES string of the molecule is CN=CC(=CN)c1cn2ncc(C#N)c2c(-c2ccc(N3CCC(N=S(C)(=O)c4ccccc4)CC3)nc2)n1. The molecule has 1 aliphatic rings. The highest BCUT2D eigenvalue weighted by atomic mass is 32.2. The number of nitriles is 1. The van der Waals surface area contributed by atoms with Gasteiger partial charge >= 0.3 is 0 Å². The Kier molecular flexibility index (Phi) is 7.38. The van der Waals surface area contributed by atoms with Crippen molar-refractivity contribution >= 4 is 32.9 Å². The summed E-state index contributed by atoms with van der Waals surface area (Å²) < 4.78 is 19.5. The summed E-state index contributed by atoms with van der Waals surface area (Å²) in [6.07, 6.45) is 11.4. The predicted molar refractivity (Wildman–Crippen MR) is 154 cm³/mol. The lowest BCUT2D eigenvalue weighted by atomic mass is 10.1. The molecule has 3 aromatic heterocycles. The molecule has 0 saturated carbocycles. The first-order chi connectivity index (χ1) is 18.9. The van der Waals surface area contributed by atoms with Crippen LogP contribution in [0.1, 0.15) is 24.1 Å². The third-order valence-corrected chi connectivity index (χ3v) is 8.55. The van der Waals surface area contributed by atoms with Crippen LogP contribution in [0.2, 0.25) is 0 Å². The van der Waals surface area contributed by atoms with Gasteiger partial charge in [-0.2, -0.15) is 10.4 Å². The van der Waals surface area contributed by atoms with E-state index in [1.54, 1.807) is 36.4 Å². The molecule has 0 amide bonds. The molecule has 1 aliphatic heterocycles. The van der Waals surface area contributed by atoms with Gasteiger partial charge in [0.05, 0.1) is 39.6 Å². The lowest BCUT2D eigenvalue weighted by molar-refractivity contribution is 0.502. The minimum Gasteiger partial charge on any atom is -0.404 e. The van der Waals surface area contributed by atoms with Crippen molar-refractivity contribution in [1.29, 1.82) is 5.26 Å². The molecule has 0 spiro atoms. The molecular weight excluding hydrogens is 510 g/mol. The maximum Gasteiger partial charge on any atom is 0.128 e. The molecule has 198 valence electrons. The molecule has 10 nitrogen and oxygen atoms in total. The Hall–Kier alpha value is -4.56. The topological polar surface area (TPSA) is 138 Å². The van der Waals surface area contributed by atoms with Gasteiger partial charge in [0, 0.05) is 61.0 Å². The van der Waals surface area contributed by atoms with Crippen LogP contribution in [-0.2, 0) is 9.73 Å². The fraction of sp³-hybridized carbons (Fsp3) is 0.250. The minimum atomic E-state index is -2.43. The second kappa shape index (κ2) is 11.0. The van der Waals surface area contributed by atoms with E-state index in [2.05, 4.69) is 21.1 Å². The summed E-state index contributed by atoms with van der Waals surface area (Å²) in [5.74, 6) is 0.847. The van der Waals surface area contributed by atoms with Crippen molar-refractivity contribution < 1.29 is 4.21 Å². The molecular formula is C28H29N9OS. The van der Waals surface area contributed by atoms with Gasteiger partial charge in [-0.1, -0.05) is 18.2 Å². The second-order valence-electron chi connectivity index (χ2n) is 9.29. The van der Waals surface area contributed by atoms with Crippen molar-refractivity contribution in [2.24, 2.45) is 15.1 Å². The summed E-state index contributed by atoms with van der Waals surface area (Å²) in [5, 5.41) is 14.0. The fourth-order valence-corrected chi connectivity index (χ4v) is 6.27. The van der Waals surface area contributed by atoms with E-state index >= 15 is 0 Å². The average molecular weight is 540 g/mol. The Labute approximate surface area is 227 Å². The first-order valence-corrected chi connectivity index (χ1v) is 14.5. The zero-order valence-corrected chi connectivity index (χ0v) is 22.6. The lowest BCUT2D eigenvalue weighted by Crippen LogP contribution is -2.36. The smallest absolute Gasteiger partial charge is 0.128 e. The van der Waals surface area contributed by atoms with Gasteiger partial charge in [-0.25, -0.2) is 23.1 Å². The van der Waals surface area contributed by atoms with Gasteiger partial charge in [-0.15, -0.1) is 0 Å². The lowest BCUT2D eigenvalue weighted by Gasteiger charge is -2.31. The number of piperidine rings is 1. The molecule has 1 fully saturated rings. The Bertz CT molecular complexity index is 1700. The summed E-state index contributed by atoms with van der Waals surface area (Å²) in [4.78, 5) is 16.6. The van der Waals surface area contributed by atoms with Crippen molar-refractivity contribution in [3.05, 3.63) is 78.5 Å². The van der Waals surface area contributed by atoms with E-state index in [9.17, 15) is 9.47 Å². The van der Waals surface area contributed by atoms with Crippen molar-refractivity contribution in [3.63, 3.8) is 0 Å². The molecule has 0 radical (unpaired) electrons. The van der Waals surface area contributed by atoms with Crippen molar-refractivity contribution in [1.82, 2.24) is 19.6 Å². The number of fused-ring (bicyclic) bond motifs is 1. The third kappa shape index (κ3) is 5.37. The van der Waals surface area contributed by atoms with Crippen LogP contribution in [0.3, 0.4) is 0 Å². The molecule has 1 atom stereocenters. The summed E-state index contributed by atoms with van der Waals surface area (Å²) in [6.45, 7) is 1.54. The largest absolute Gasteiger partial charge is 0.404 e. The van der Waals surface area contributed by atoms with Crippen LogP contribution in [0.15, 0.2) is 81.5 Å². The van der Waals surface area contributed by atoms with Crippen LogP contribution in [0.4, 0.5) is 5.82 Å². The van der Waals surface area contributed by atoms with E-state index in [1.165, 1.54) is 12.4 Å². The molecule has 4 aromatic rings. The van der Waals surface area contributed by atoms with Crippen molar-refractivity contribution in [2.75, 3.05) is 31.3 Å². The zero-order chi connectivity index (χ0) is 27.4. The van der Waals surface area contributed by atoms with Gasteiger partial charge in [0.1, 0.15) is 23.0 Å². The number of aliphatic imine (C=N–C) groups is 1. The normalized spacial score (nSPS) is 16.3. The third-order valence-electron chi connectivity index (χ3n) is 6.70. The highest BCUT2D eigenvalue weighted by Gasteiger charge is 2.22. The van der Waals surface area contributed by atoms with Gasteiger partial charge in [0.2, 0.25) is 0 Å². The quantitative estimate of drug-likeness (QED) is 0.368. The number of hydrogen-bond donors (Lipinski definition) is 1. The summed E-state index contributed by atoms with van der Waals surface area (Å²) in [7, 11) is -0.768. The van der Waals surface area contributed by atoms with Gasteiger partial charge in [0.15, 0.2) is 0 Å². The van der Waals surface area contributed by atoms with E-state index in [4.69, 9.17) is 20.1 Å². The standard InChI is InChI=1S/C28H29N9OS/c1-31-16-21(14-29)25-19-37-28(22(15-30)18-33-37)27(34-25)20-8-9-26(32-17-20)36-12-10-23(11-13-36)35-39(2,38)24-6-4-3-5-7-24/h3-9,14,16-19,23H,10-13,29H2,1-2H3. The molecule has 11 heteroatoms. The van der Waals surface area contributed by atoms with Gasteiger partial charge in [0.25, 0.3) is 0 Å². The highest BCUT2D eigenvalue weighted by Crippen LogP contribution is 2.29. The van der Waals surface area contributed by atoms with Gasteiger partial charge in [-0.05, 0) is 37.1 Å². The average Bonchev–Trinajstić information content (AvgIpc) is 3.39. The first-order valence-electron chi connectivity index (χ1n) is 12.5. The summed E-state index contributed by atoms with van der Waals surface area (Å²) >= 11 is 0. The Morgan fingerprint density at radius 2 is 1.95 bits per heavy atom. The molecule has 4 heterocycles. The fourth-order valence-electron chi connectivity index (χ4n) is 4.70. The number of benzene rings is 1. The summed E-state index contributed by atoms with van der Waals surface area (Å²) in [5.41, 5.74) is 9.39. The van der Waals surface area contributed by atoms with Crippen LogP contribution in [-0.4, -0.2) is 62.4 Å². The van der Waals surface area contributed by atoms with E-state index in [1.807, 2.05) is 42.5 Å². The summed E-state index contributed by atoms with van der Waals surface area (Å²) in [6, 6.07) is 15.6. The predicted octanol–water partition coefficient (Wildman–Crippen LogP) is 3.79. The second-order valence-corrected chi connectivity index (χ2v) is 11.6. The number of nitrogens with zero attached hydrogens (tertiary/aromatic N) is 8. The van der Waals surface area contributed by atoms with Crippen molar-refractivity contribution in [3.8, 4) is 17.3 Å². The Morgan fingerprint density at radius 3 is 2.59 bits per heavy atom. The van der Waals surface area contributed by atoms with E-state index in [0.717, 1.165) is 42.2 Å². The number of anilines is 1. The van der Waals surface area contributed by atoms with Crippen LogP contribution in [0.5, 0.6) is 0 Å². The van der Waals surface area contributed by atoms with E-state index in [0.29, 0.717) is 28.0 Å². The Balaban J connectivity index is 1.39. The Morgan fingerprint density at radius 1 is 1.18 bits per heavy atom. The van der Waals surface area contributed by atoms with Crippen LogP contribution in [0, 0.1) is 11.3 Å². The maximum atomic E-state index is 13.2. The number of allylic oxidation sites excluding steroid dienone is 1. The van der Waals surface area contributed by atoms with Crippen LogP contribution in [0.25, 0.3) is 22.3 Å². The van der Waals surface area contributed by atoms with E-state index in [-0.39, 0.29) is 6.04 Å². The number of aromatic nitrogens is 4. The zero-order valence-electron chi connectivity index (χ0n) is 21.8. The van der Waals surface area contributed by atoms with Gasteiger partial charge in [-0.3, -0.25) is 4.99 Å². The molecule has 1 unspecified atom stereocenters. The number of nitrogens with two attached hydrogens (primary N) is 1. The van der Waals surface area contributed by atoms with Crippen molar-refractivity contribution in [2.45, 2.75) is 23.8 Å².